The van der Waals surface area contributed by atoms with Gasteiger partial charge >= 0.3 is 5.97 Å². The standard InChI is InChI=1S/C10H9BrO3/c1-3-10(12)14-9-6-7(13-2)4-5-8(9)11/h3-6H,1H2,2H3. The fraction of sp³-hybridized carbons (Fsp3) is 0.100. The van der Waals surface area contributed by atoms with E-state index >= 15 is 0 Å². The number of benzene rings is 1. The largest absolute Gasteiger partial charge is 0.497 e. The first-order chi connectivity index (χ1) is 6.67. The van der Waals surface area contributed by atoms with Gasteiger partial charge in [0.1, 0.15) is 11.5 Å². The highest BCUT2D eigenvalue weighted by Crippen LogP contribution is 2.29. The molecule has 1 aromatic carbocycles. The molecular formula is C10H9BrO3. The van der Waals surface area contributed by atoms with Crippen LogP contribution in [0.3, 0.4) is 0 Å². The van der Waals surface area contributed by atoms with Crippen molar-refractivity contribution in [3.63, 3.8) is 0 Å². The quantitative estimate of drug-likeness (QED) is 0.474. The van der Waals surface area contributed by atoms with Crippen molar-refractivity contribution in [1.82, 2.24) is 0 Å². The Kier molecular flexibility index (Phi) is 3.71. The first-order valence-electron chi connectivity index (χ1n) is 3.85. The maximum absolute atomic E-state index is 10.9. The van der Waals surface area contributed by atoms with Crippen LogP contribution in [0.1, 0.15) is 0 Å². The molecule has 74 valence electrons. The molecule has 0 aromatic heterocycles. The monoisotopic (exact) mass is 256 g/mol. The van der Waals surface area contributed by atoms with E-state index in [-0.39, 0.29) is 0 Å². The van der Waals surface area contributed by atoms with E-state index in [1.807, 2.05) is 0 Å². The summed E-state index contributed by atoms with van der Waals surface area (Å²) >= 11 is 3.25. The second-order valence-electron chi connectivity index (χ2n) is 2.42. The Morgan fingerprint density at radius 2 is 2.29 bits per heavy atom. The maximum atomic E-state index is 10.9. The van der Waals surface area contributed by atoms with Crippen LogP contribution in [0, 0.1) is 0 Å². The van der Waals surface area contributed by atoms with E-state index < -0.39 is 5.97 Å². The average molecular weight is 257 g/mol. The van der Waals surface area contributed by atoms with Gasteiger partial charge in [0, 0.05) is 12.1 Å². The Balaban J connectivity index is 2.94. The second kappa shape index (κ2) is 4.81. The molecule has 0 radical (unpaired) electrons. The van der Waals surface area contributed by atoms with E-state index in [0.717, 1.165) is 6.08 Å². The lowest BCUT2D eigenvalue weighted by Crippen LogP contribution is -2.03. The van der Waals surface area contributed by atoms with Gasteiger partial charge in [-0.2, -0.15) is 0 Å². The predicted octanol–water partition coefficient (Wildman–Crippen LogP) is 2.55. The van der Waals surface area contributed by atoms with Crippen LogP contribution in [0.15, 0.2) is 35.3 Å². The Morgan fingerprint density at radius 3 is 2.86 bits per heavy atom. The van der Waals surface area contributed by atoms with Gasteiger partial charge in [-0.25, -0.2) is 4.79 Å². The summed E-state index contributed by atoms with van der Waals surface area (Å²) < 4.78 is 10.6. The zero-order valence-electron chi connectivity index (χ0n) is 7.62. The number of hydrogen-bond donors (Lipinski definition) is 0. The minimum Gasteiger partial charge on any atom is -0.497 e. The molecular weight excluding hydrogens is 248 g/mol. The van der Waals surface area contributed by atoms with Gasteiger partial charge in [0.2, 0.25) is 0 Å². The summed E-state index contributed by atoms with van der Waals surface area (Å²) in [6.07, 6.45) is 1.10. The fourth-order valence-corrected chi connectivity index (χ4v) is 1.17. The molecule has 0 bridgehead atoms. The van der Waals surface area contributed by atoms with E-state index in [9.17, 15) is 4.79 Å². The lowest BCUT2D eigenvalue weighted by molar-refractivity contribution is -0.129. The third kappa shape index (κ3) is 2.60. The smallest absolute Gasteiger partial charge is 0.335 e. The molecule has 0 unspecified atom stereocenters. The molecule has 0 fully saturated rings. The molecule has 14 heavy (non-hydrogen) atoms. The Hall–Kier alpha value is -1.29. The molecule has 0 atom stereocenters. The molecule has 0 aliphatic heterocycles. The molecule has 0 amide bonds. The molecule has 1 rings (SSSR count). The number of rotatable bonds is 3. The maximum Gasteiger partial charge on any atom is 0.335 e. The molecule has 0 aliphatic carbocycles. The van der Waals surface area contributed by atoms with E-state index in [2.05, 4.69) is 22.5 Å². The summed E-state index contributed by atoms with van der Waals surface area (Å²) in [5.41, 5.74) is 0. The van der Waals surface area contributed by atoms with Crippen molar-refractivity contribution in [3.8, 4) is 11.5 Å². The van der Waals surface area contributed by atoms with Gasteiger partial charge < -0.3 is 9.47 Å². The van der Waals surface area contributed by atoms with E-state index in [1.54, 1.807) is 25.3 Å². The third-order valence-corrected chi connectivity index (χ3v) is 2.17. The van der Waals surface area contributed by atoms with Crippen LogP contribution in [0.5, 0.6) is 11.5 Å². The van der Waals surface area contributed by atoms with Crippen molar-refractivity contribution in [2.24, 2.45) is 0 Å². The SMILES string of the molecule is C=CC(=O)Oc1cc(OC)ccc1Br. The number of esters is 1. The van der Waals surface area contributed by atoms with Crippen molar-refractivity contribution in [2.75, 3.05) is 7.11 Å². The number of carbonyl (C=O) groups excluding carboxylic acids is 1. The minimum atomic E-state index is -0.501. The van der Waals surface area contributed by atoms with E-state index in [4.69, 9.17) is 9.47 Å². The van der Waals surface area contributed by atoms with Crippen LogP contribution in [0.2, 0.25) is 0 Å². The highest BCUT2D eigenvalue weighted by atomic mass is 79.9. The summed E-state index contributed by atoms with van der Waals surface area (Å²) in [5.74, 6) is 0.535. The molecule has 4 heteroatoms. The number of carbonyl (C=O) groups is 1. The van der Waals surface area contributed by atoms with Crippen molar-refractivity contribution >= 4 is 21.9 Å². The van der Waals surface area contributed by atoms with Gasteiger partial charge in [0.25, 0.3) is 0 Å². The zero-order valence-corrected chi connectivity index (χ0v) is 9.21. The summed E-state index contributed by atoms with van der Waals surface area (Å²) in [6.45, 7) is 3.31. The molecule has 0 aliphatic rings. The molecule has 0 spiro atoms. The highest BCUT2D eigenvalue weighted by Gasteiger charge is 2.06. The number of halogens is 1. The van der Waals surface area contributed by atoms with Crippen LogP contribution in [-0.2, 0) is 4.79 Å². The zero-order chi connectivity index (χ0) is 10.6. The Bertz CT molecular complexity index is 360. The predicted molar refractivity (Wildman–Crippen MR) is 56.5 cm³/mol. The van der Waals surface area contributed by atoms with Crippen molar-refractivity contribution in [3.05, 3.63) is 35.3 Å². The minimum absolute atomic E-state index is 0.411. The molecule has 0 N–H and O–H groups in total. The topological polar surface area (TPSA) is 35.5 Å². The molecule has 1 aromatic rings. The normalized spacial score (nSPS) is 9.29. The van der Waals surface area contributed by atoms with Crippen LogP contribution >= 0.6 is 15.9 Å². The van der Waals surface area contributed by atoms with Gasteiger partial charge in [-0.05, 0) is 28.1 Å². The molecule has 0 saturated heterocycles. The third-order valence-electron chi connectivity index (χ3n) is 1.52. The second-order valence-corrected chi connectivity index (χ2v) is 3.28. The molecule has 3 nitrogen and oxygen atoms in total. The average Bonchev–Trinajstić information content (AvgIpc) is 2.21. The van der Waals surface area contributed by atoms with Crippen molar-refractivity contribution in [2.45, 2.75) is 0 Å². The molecule has 0 saturated carbocycles. The molecule has 0 heterocycles. The first kappa shape index (κ1) is 10.8. The van der Waals surface area contributed by atoms with Gasteiger partial charge in [-0.1, -0.05) is 6.58 Å². The van der Waals surface area contributed by atoms with Crippen LogP contribution in [0.25, 0.3) is 0 Å². The van der Waals surface area contributed by atoms with Crippen LogP contribution < -0.4 is 9.47 Å². The summed E-state index contributed by atoms with van der Waals surface area (Å²) in [5, 5.41) is 0. The van der Waals surface area contributed by atoms with E-state index in [1.165, 1.54) is 0 Å². The summed E-state index contributed by atoms with van der Waals surface area (Å²) in [6, 6.07) is 5.12. The lowest BCUT2D eigenvalue weighted by Gasteiger charge is -2.06. The van der Waals surface area contributed by atoms with Crippen molar-refractivity contribution in [1.29, 1.82) is 0 Å². The van der Waals surface area contributed by atoms with Gasteiger partial charge in [-0.15, -0.1) is 0 Å². The van der Waals surface area contributed by atoms with Crippen LogP contribution in [0.4, 0.5) is 0 Å². The number of methoxy groups -OCH3 is 1. The highest BCUT2D eigenvalue weighted by molar-refractivity contribution is 9.10. The first-order valence-corrected chi connectivity index (χ1v) is 4.64. The Labute approximate surface area is 90.5 Å². The van der Waals surface area contributed by atoms with Crippen LogP contribution in [-0.4, -0.2) is 13.1 Å². The number of hydrogen-bond acceptors (Lipinski definition) is 3. The number of ether oxygens (including phenoxy) is 2. The van der Waals surface area contributed by atoms with E-state index in [0.29, 0.717) is 16.0 Å². The lowest BCUT2D eigenvalue weighted by atomic mass is 10.3. The van der Waals surface area contributed by atoms with Gasteiger partial charge in [-0.3, -0.25) is 0 Å². The Morgan fingerprint density at radius 1 is 1.57 bits per heavy atom. The van der Waals surface area contributed by atoms with Crippen molar-refractivity contribution < 1.29 is 14.3 Å². The summed E-state index contributed by atoms with van der Waals surface area (Å²) in [7, 11) is 1.54. The van der Waals surface area contributed by atoms with Gasteiger partial charge in [0.05, 0.1) is 11.6 Å². The summed E-state index contributed by atoms with van der Waals surface area (Å²) in [4.78, 5) is 10.9. The van der Waals surface area contributed by atoms with Gasteiger partial charge in [0.15, 0.2) is 0 Å². The fourth-order valence-electron chi connectivity index (χ4n) is 0.839.